The van der Waals surface area contributed by atoms with Gasteiger partial charge in [-0.25, -0.2) is 9.79 Å². The third-order valence-corrected chi connectivity index (χ3v) is 8.67. The number of benzene rings is 4. The van der Waals surface area contributed by atoms with Gasteiger partial charge in [-0.05, 0) is 72.2 Å². The highest BCUT2D eigenvalue weighted by molar-refractivity contribution is 7.07. The van der Waals surface area contributed by atoms with Gasteiger partial charge < -0.3 is 14.2 Å². The number of ether oxygens (including phenoxy) is 3. The molecule has 0 amide bonds. The molecular weight excluding hydrogens is 596 g/mol. The van der Waals surface area contributed by atoms with Crippen LogP contribution in [0.4, 0.5) is 0 Å². The zero-order valence-electron chi connectivity index (χ0n) is 24.4. The van der Waals surface area contributed by atoms with Gasteiger partial charge in [0.15, 0.2) is 4.80 Å². The number of aromatic nitrogens is 1. The number of carbonyl (C=O) groups is 1. The lowest BCUT2D eigenvalue weighted by atomic mass is 9.90. The van der Waals surface area contributed by atoms with E-state index in [1.165, 1.54) is 11.3 Å². The number of hydrogen-bond acceptors (Lipinski definition) is 7. The topological polar surface area (TPSA) is 79.1 Å². The second-order valence-electron chi connectivity index (χ2n) is 10.2. The maximum Gasteiger partial charge on any atom is 0.338 e. The van der Waals surface area contributed by atoms with Gasteiger partial charge in [0.05, 0.1) is 29.5 Å². The van der Waals surface area contributed by atoms with E-state index in [1.807, 2.05) is 91.0 Å². The van der Waals surface area contributed by atoms with Crippen LogP contribution >= 0.6 is 22.9 Å². The fourth-order valence-electron chi connectivity index (χ4n) is 5.36. The molecule has 0 N–H and O–H groups in total. The van der Waals surface area contributed by atoms with Crippen molar-refractivity contribution in [2.45, 2.75) is 26.5 Å². The van der Waals surface area contributed by atoms with E-state index in [1.54, 1.807) is 25.5 Å². The fourth-order valence-corrected chi connectivity index (χ4v) is 6.53. The van der Waals surface area contributed by atoms with Crippen LogP contribution in [0.3, 0.4) is 0 Å². The molecule has 1 aliphatic rings. The number of esters is 1. The quantitative estimate of drug-likeness (QED) is 0.192. The molecule has 0 radical (unpaired) electrons. The number of nitrogens with zero attached hydrogens (tertiary/aromatic N) is 2. The van der Waals surface area contributed by atoms with Crippen LogP contribution in [0, 0.1) is 0 Å². The molecule has 5 aromatic rings. The van der Waals surface area contributed by atoms with Crippen molar-refractivity contribution in [1.29, 1.82) is 0 Å². The Morgan fingerprint density at radius 3 is 2.50 bits per heavy atom. The molecule has 0 fully saturated rings. The summed E-state index contributed by atoms with van der Waals surface area (Å²) < 4.78 is 19.3. The minimum atomic E-state index is -0.794. The maximum atomic E-state index is 14.2. The number of hydrogen-bond donors (Lipinski definition) is 0. The van der Waals surface area contributed by atoms with E-state index in [2.05, 4.69) is 0 Å². The lowest BCUT2D eigenvalue weighted by Crippen LogP contribution is -2.40. The Labute approximate surface area is 262 Å². The summed E-state index contributed by atoms with van der Waals surface area (Å²) in [4.78, 5) is 32.8. The van der Waals surface area contributed by atoms with Crippen molar-refractivity contribution in [3.05, 3.63) is 138 Å². The van der Waals surface area contributed by atoms with Crippen LogP contribution in [0.1, 0.15) is 36.6 Å². The largest absolute Gasteiger partial charge is 0.496 e. The molecule has 0 spiro atoms. The molecule has 9 heteroatoms. The van der Waals surface area contributed by atoms with Crippen molar-refractivity contribution in [3.8, 4) is 11.5 Å². The molecule has 222 valence electrons. The third kappa shape index (κ3) is 5.66. The predicted octanol–water partition coefficient (Wildman–Crippen LogP) is 6.19. The van der Waals surface area contributed by atoms with E-state index >= 15 is 0 Å². The molecule has 1 aromatic heterocycles. The number of methoxy groups -OCH3 is 1. The van der Waals surface area contributed by atoms with Crippen LogP contribution < -0.4 is 24.4 Å². The lowest BCUT2D eigenvalue weighted by molar-refractivity contribution is -0.139. The van der Waals surface area contributed by atoms with Gasteiger partial charge in [-0.15, -0.1) is 0 Å². The normalized spacial score (nSPS) is 14.7. The molecule has 0 unspecified atom stereocenters. The van der Waals surface area contributed by atoms with Crippen molar-refractivity contribution >= 4 is 45.8 Å². The van der Waals surface area contributed by atoms with Crippen molar-refractivity contribution < 1.29 is 19.0 Å². The molecule has 2 heterocycles. The smallest absolute Gasteiger partial charge is 0.338 e. The van der Waals surface area contributed by atoms with Crippen LogP contribution in [-0.4, -0.2) is 24.3 Å². The van der Waals surface area contributed by atoms with Crippen molar-refractivity contribution in [2.24, 2.45) is 4.99 Å². The van der Waals surface area contributed by atoms with E-state index in [0.29, 0.717) is 49.3 Å². The van der Waals surface area contributed by atoms with Crippen molar-refractivity contribution in [3.63, 3.8) is 0 Å². The van der Waals surface area contributed by atoms with E-state index in [9.17, 15) is 9.59 Å². The summed E-state index contributed by atoms with van der Waals surface area (Å²) in [6, 6.07) is 25.9. The fraction of sp³-hybridized carbons (Fsp3) is 0.171. The van der Waals surface area contributed by atoms with Crippen LogP contribution in [0.5, 0.6) is 11.5 Å². The second-order valence-corrected chi connectivity index (χ2v) is 11.6. The first-order valence-electron chi connectivity index (χ1n) is 14.1. The van der Waals surface area contributed by atoms with Gasteiger partial charge in [0.1, 0.15) is 24.1 Å². The number of allylic oxidation sites excluding steroid dienone is 1. The Bertz CT molecular complexity index is 2080. The lowest BCUT2D eigenvalue weighted by Gasteiger charge is -2.27. The highest BCUT2D eigenvalue weighted by Gasteiger charge is 2.36. The number of fused-ring (bicyclic) bond motifs is 2. The highest BCUT2D eigenvalue weighted by Crippen LogP contribution is 2.40. The Kier molecular flexibility index (Phi) is 8.37. The Balaban J connectivity index is 1.43. The van der Waals surface area contributed by atoms with E-state index in [4.69, 9.17) is 30.8 Å². The SMILES string of the molecule is CCOC(=O)C1=C(C)N=c2s/c(=C/c3ccc(OCc4ccc(Cl)cc4)cc3)c(=O)n2[C@@H]1c1c(OC)ccc2ccccc12. The molecule has 1 aliphatic heterocycles. The van der Waals surface area contributed by atoms with Crippen LogP contribution in [0.25, 0.3) is 16.8 Å². The first kappa shape index (κ1) is 29.4. The van der Waals surface area contributed by atoms with Gasteiger partial charge in [0.25, 0.3) is 5.56 Å². The zero-order valence-corrected chi connectivity index (χ0v) is 25.9. The molecule has 6 rings (SSSR count). The Morgan fingerprint density at radius 1 is 1.02 bits per heavy atom. The van der Waals surface area contributed by atoms with E-state index < -0.39 is 12.0 Å². The summed E-state index contributed by atoms with van der Waals surface area (Å²) in [6.07, 6.45) is 1.83. The molecule has 0 saturated carbocycles. The van der Waals surface area contributed by atoms with Gasteiger partial charge in [-0.2, -0.15) is 0 Å². The molecule has 0 bridgehead atoms. The molecule has 0 aliphatic carbocycles. The molecule has 44 heavy (non-hydrogen) atoms. The minimum absolute atomic E-state index is 0.193. The predicted molar refractivity (Wildman–Crippen MR) is 173 cm³/mol. The third-order valence-electron chi connectivity index (χ3n) is 7.44. The van der Waals surface area contributed by atoms with E-state index in [-0.39, 0.29) is 12.2 Å². The van der Waals surface area contributed by atoms with E-state index in [0.717, 1.165) is 21.9 Å². The summed E-state index contributed by atoms with van der Waals surface area (Å²) in [5.41, 5.74) is 3.09. The minimum Gasteiger partial charge on any atom is -0.496 e. The van der Waals surface area contributed by atoms with Gasteiger partial charge >= 0.3 is 5.97 Å². The maximum absolute atomic E-state index is 14.2. The summed E-state index contributed by atoms with van der Waals surface area (Å²) in [5.74, 6) is 0.752. The average Bonchev–Trinajstić information content (AvgIpc) is 3.34. The van der Waals surface area contributed by atoms with Crippen LogP contribution in [0.2, 0.25) is 5.02 Å². The summed E-state index contributed by atoms with van der Waals surface area (Å²) in [6.45, 7) is 4.13. The van der Waals surface area contributed by atoms with Crippen molar-refractivity contribution in [1.82, 2.24) is 4.57 Å². The highest BCUT2D eigenvalue weighted by atomic mass is 35.5. The summed E-state index contributed by atoms with van der Waals surface area (Å²) in [5, 5.41) is 2.51. The number of halogens is 1. The Hall–Kier alpha value is -4.66. The van der Waals surface area contributed by atoms with Gasteiger partial charge in [0.2, 0.25) is 0 Å². The molecular formula is C35H29ClN2O5S. The summed E-state index contributed by atoms with van der Waals surface area (Å²) in [7, 11) is 1.58. The number of thiazole rings is 1. The second kappa shape index (κ2) is 12.5. The van der Waals surface area contributed by atoms with Gasteiger partial charge in [0, 0.05) is 10.6 Å². The first-order chi connectivity index (χ1) is 21.4. The van der Waals surface area contributed by atoms with Gasteiger partial charge in [-0.3, -0.25) is 9.36 Å². The number of rotatable bonds is 8. The molecule has 4 aromatic carbocycles. The van der Waals surface area contributed by atoms with Gasteiger partial charge in [-0.1, -0.05) is 77.5 Å². The molecule has 0 saturated heterocycles. The number of carbonyl (C=O) groups excluding carboxylic acids is 1. The first-order valence-corrected chi connectivity index (χ1v) is 15.3. The average molecular weight is 625 g/mol. The Morgan fingerprint density at radius 2 is 1.77 bits per heavy atom. The zero-order chi connectivity index (χ0) is 30.8. The van der Waals surface area contributed by atoms with Crippen LogP contribution in [-0.2, 0) is 16.1 Å². The summed E-state index contributed by atoms with van der Waals surface area (Å²) >= 11 is 7.25. The molecule has 1 atom stereocenters. The standard InChI is InChI=1S/C35H29ClN2O5S/c1-4-42-34(40)30-21(2)37-35-38(32(30)31-27-8-6-5-7-24(27)13-18-28(31)41-3)33(39)29(44-35)19-22-11-16-26(17-12-22)43-20-23-9-14-25(36)15-10-23/h5-19,32H,4,20H2,1-3H3/b29-19+/t32-/m0/s1. The monoisotopic (exact) mass is 624 g/mol. The molecule has 7 nitrogen and oxygen atoms in total. The van der Waals surface area contributed by atoms with Crippen molar-refractivity contribution in [2.75, 3.05) is 13.7 Å². The van der Waals surface area contributed by atoms with Crippen LogP contribution in [0.15, 0.2) is 106 Å².